The van der Waals surface area contributed by atoms with Gasteiger partial charge in [-0.25, -0.2) is 15.0 Å². The third kappa shape index (κ3) is 8.41. The van der Waals surface area contributed by atoms with Gasteiger partial charge in [-0.15, -0.1) is 0 Å². The second-order valence-electron chi connectivity index (χ2n) is 8.26. The fourth-order valence-corrected chi connectivity index (χ4v) is 3.55. The number of oxazole rings is 1. The zero-order valence-electron chi connectivity index (χ0n) is 22.1. The van der Waals surface area contributed by atoms with E-state index in [9.17, 15) is 0 Å². The van der Waals surface area contributed by atoms with Crippen molar-refractivity contribution < 1.29 is 19.0 Å². The van der Waals surface area contributed by atoms with E-state index in [4.69, 9.17) is 30.6 Å². The van der Waals surface area contributed by atoms with Gasteiger partial charge in [-0.3, -0.25) is 0 Å². The molecule has 200 valence electrons. The van der Waals surface area contributed by atoms with Crippen LogP contribution in [0.2, 0.25) is 5.02 Å². The number of benzene rings is 2. The highest BCUT2D eigenvalue weighted by Gasteiger charge is 2.10. The minimum absolute atomic E-state index is 0.139. The first-order valence-electron chi connectivity index (χ1n) is 12.3. The van der Waals surface area contributed by atoms with Crippen LogP contribution in [0.1, 0.15) is 37.2 Å². The fraction of sp³-hybridized carbons (Fsp3) is 0.276. The SMILES string of the molecule is C/C=C\c1ncnc(Nc2ccc(Oc3cccc(-c4nc(C)co4)c3)c(Cl)c2)c1C.CCCOCCO. The molecule has 2 heterocycles. The highest BCUT2D eigenvalue weighted by molar-refractivity contribution is 6.32. The number of allylic oxidation sites excluding steroid dienone is 1. The number of halogens is 1. The molecular weight excluding hydrogens is 504 g/mol. The standard InChI is InChI=1S/C24H21ClN4O2.C5H12O2/c1-4-6-21-16(3)23(27-14-26-21)29-18-9-10-22(20(25)12-18)31-19-8-5-7-17(11-19)24-28-15(2)13-30-24;1-2-4-7-5-3-6/h4-14H,1-3H3,(H,26,27,29);6H,2-5H2,1H3/b6-4-;. The van der Waals surface area contributed by atoms with E-state index in [1.165, 1.54) is 6.33 Å². The summed E-state index contributed by atoms with van der Waals surface area (Å²) >= 11 is 6.49. The van der Waals surface area contributed by atoms with Crippen LogP contribution >= 0.6 is 11.6 Å². The summed E-state index contributed by atoms with van der Waals surface area (Å²) in [4.78, 5) is 13.0. The Morgan fingerprint density at radius 3 is 2.63 bits per heavy atom. The Hall–Kier alpha value is -3.72. The summed E-state index contributed by atoms with van der Waals surface area (Å²) in [5.41, 5.74) is 4.28. The van der Waals surface area contributed by atoms with Crippen molar-refractivity contribution in [3.63, 3.8) is 0 Å². The van der Waals surface area contributed by atoms with Crippen LogP contribution in [-0.4, -0.2) is 39.9 Å². The molecule has 0 saturated carbocycles. The molecule has 2 aromatic carbocycles. The predicted octanol–water partition coefficient (Wildman–Crippen LogP) is 7.38. The van der Waals surface area contributed by atoms with Crippen LogP contribution in [0.15, 0.2) is 65.5 Å². The number of nitrogens with zero attached hydrogens (tertiary/aromatic N) is 3. The molecule has 0 aliphatic carbocycles. The van der Waals surface area contributed by atoms with Gasteiger partial charge in [-0.2, -0.15) is 0 Å². The lowest BCUT2D eigenvalue weighted by Crippen LogP contribution is -2.00. The first-order valence-corrected chi connectivity index (χ1v) is 12.7. The Labute approximate surface area is 228 Å². The van der Waals surface area contributed by atoms with Crippen LogP contribution in [0.4, 0.5) is 11.5 Å². The lowest BCUT2D eigenvalue weighted by molar-refractivity contribution is 0.0928. The fourth-order valence-electron chi connectivity index (χ4n) is 3.33. The van der Waals surface area contributed by atoms with Gasteiger partial charge in [0.25, 0.3) is 0 Å². The molecule has 0 aliphatic heterocycles. The van der Waals surface area contributed by atoms with Crippen molar-refractivity contribution in [3.05, 3.63) is 83.1 Å². The van der Waals surface area contributed by atoms with E-state index in [1.807, 2.05) is 76.2 Å². The van der Waals surface area contributed by atoms with E-state index < -0.39 is 0 Å². The Bertz CT molecular complexity index is 1340. The van der Waals surface area contributed by atoms with Gasteiger partial charge < -0.3 is 24.3 Å². The highest BCUT2D eigenvalue weighted by Crippen LogP contribution is 2.34. The van der Waals surface area contributed by atoms with Gasteiger partial charge in [0.05, 0.1) is 29.6 Å². The molecule has 4 rings (SSSR count). The van der Waals surface area contributed by atoms with Crippen molar-refractivity contribution in [1.82, 2.24) is 15.0 Å². The number of aromatic nitrogens is 3. The molecule has 2 aromatic heterocycles. The van der Waals surface area contributed by atoms with Crippen molar-refractivity contribution in [3.8, 4) is 23.0 Å². The molecule has 0 spiro atoms. The second kappa shape index (κ2) is 14.9. The molecule has 0 fully saturated rings. The maximum absolute atomic E-state index is 8.17. The van der Waals surface area contributed by atoms with Gasteiger partial charge in [-0.1, -0.05) is 30.7 Å². The average Bonchev–Trinajstić information content (AvgIpc) is 3.35. The number of aryl methyl sites for hydroxylation is 1. The maximum atomic E-state index is 8.17. The predicted molar refractivity (Wildman–Crippen MR) is 151 cm³/mol. The van der Waals surface area contributed by atoms with Crippen LogP contribution < -0.4 is 10.1 Å². The highest BCUT2D eigenvalue weighted by atomic mass is 35.5. The molecule has 0 unspecified atom stereocenters. The molecule has 0 atom stereocenters. The van der Waals surface area contributed by atoms with E-state index in [2.05, 4.69) is 20.3 Å². The van der Waals surface area contributed by atoms with E-state index in [0.717, 1.165) is 47.0 Å². The van der Waals surface area contributed by atoms with Crippen LogP contribution in [0.3, 0.4) is 0 Å². The van der Waals surface area contributed by atoms with Gasteiger partial charge in [-0.05, 0) is 69.7 Å². The van der Waals surface area contributed by atoms with Crippen molar-refractivity contribution in [2.24, 2.45) is 0 Å². The number of aliphatic hydroxyl groups excluding tert-OH is 1. The van der Waals surface area contributed by atoms with Gasteiger partial charge >= 0.3 is 0 Å². The van der Waals surface area contributed by atoms with Gasteiger partial charge in [0.1, 0.15) is 29.9 Å². The number of nitrogens with one attached hydrogen (secondary N) is 1. The summed E-state index contributed by atoms with van der Waals surface area (Å²) in [6.07, 6.45) is 8.07. The summed E-state index contributed by atoms with van der Waals surface area (Å²) in [5.74, 6) is 2.45. The molecule has 0 saturated heterocycles. The molecule has 38 heavy (non-hydrogen) atoms. The Balaban J connectivity index is 0.000000505. The molecule has 4 aromatic rings. The van der Waals surface area contributed by atoms with Crippen LogP contribution in [0.5, 0.6) is 11.5 Å². The number of rotatable bonds is 10. The molecule has 0 aliphatic rings. The first-order chi connectivity index (χ1) is 18.4. The van der Waals surface area contributed by atoms with Crippen molar-refractivity contribution in [2.75, 3.05) is 25.1 Å². The zero-order chi connectivity index (χ0) is 27.3. The van der Waals surface area contributed by atoms with Crippen LogP contribution in [0.25, 0.3) is 17.5 Å². The molecule has 0 bridgehead atoms. The molecule has 8 nitrogen and oxygen atoms in total. The number of hydrogen-bond acceptors (Lipinski definition) is 8. The maximum Gasteiger partial charge on any atom is 0.226 e. The normalized spacial score (nSPS) is 10.8. The first kappa shape index (κ1) is 28.8. The number of anilines is 2. The van der Waals surface area contributed by atoms with Gasteiger partial charge in [0.2, 0.25) is 5.89 Å². The molecular formula is C29H33ClN4O4. The Kier molecular flexibility index (Phi) is 11.3. The summed E-state index contributed by atoms with van der Waals surface area (Å²) in [6, 6.07) is 13.0. The average molecular weight is 537 g/mol. The minimum Gasteiger partial charge on any atom is -0.456 e. The third-order valence-electron chi connectivity index (χ3n) is 5.15. The monoisotopic (exact) mass is 536 g/mol. The summed E-state index contributed by atoms with van der Waals surface area (Å²) < 4.78 is 16.3. The zero-order valence-corrected chi connectivity index (χ0v) is 22.8. The summed E-state index contributed by atoms with van der Waals surface area (Å²) in [7, 11) is 0. The third-order valence-corrected chi connectivity index (χ3v) is 5.45. The number of aliphatic hydroxyl groups is 1. The van der Waals surface area contributed by atoms with Crippen molar-refractivity contribution >= 4 is 29.2 Å². The Morgan fingerprint density at radius 1 is 1.11 bits per heavy atom. The summed E-state index contributed by atoms with van der Waals surface area (Å²) in [5, 5.41) is 11.9. The lowest BCUT2D eigenvalue weighted by Gasteiger charge is -2.12. The molecule has 0 amide bonds. The van der Waals surface area contributed by atoms with Crippen molar-refractivity contribution in [2.45, 2.75) is 34.1 Å². The number of hydrogen-bond donors (Lipinski definition) is 2. The number of ether oxygens (including phenoxy) is 2. The van der Waals surface area contributed by atoms with Gasteiger partial charge in [0.15, 0.2) is 0 Å². The molecule has 0 radical (unpaired) electrons. The van der Waals surface area contributed by atoms with E-state index >= 15 is 0 Å². The molecule has 9 heteroatoms. The smallest absolute Gasteiger partial charge is 0.226 e. The van der Waals surface area contributed by atoms with Gasteiger partial charge in [0, 0.05) is 23.4 Å². The van der Waals surface area contributed by atoms with E-state index in [-0.39, 0.29) is 6.61 Å². The van der Waals surface area contributed by atoms with Crippen molar-refractivity contribution in [1.29, 1.82) is 0 Å². The largest absolute Gasteiger partial charge is 0.456 e. The van der Waals surface area contributed by atoms with E-state index in [0.29, 0.717) is 29.0 Å². The van der Waals surface area contributed by atoms with Crippen LogP contribution in [-0.2, 0) is 4.74 Å². The topological polar surface area (TPSA) is 103 Å². The summed E-state index contributed by atoms with van der Waals surface area (Å²) in [6.45, 7) is 9.23. The Morgan fingerprint density at radius 2 is 1.95 bits per heavy atom. The second-order valence-corrected chi connectivity index (χ2v) is 8.67. The van der Waals surface area contributed by atoms with E-state index in [1.54, 1.807) is 12.3 Å². The van der Waals surface area contributed by atoms with Crippen LogP contribution in [0, 0.1) is 13.8 Å². The molecule has 2 N–H and O–H groups in total. The quantitative estimate of drug-likeness (QED) is 0.202. The lowest BCUT2D eigenvalue weighted by atomic mass is 10.2. The minimum atomic E-state index is 0.139.